The zero-order valence-electron chi connectivity index (χ0n) is 20.5. The fourth-order valence-electron chi connectivity index (χ4n) is 4.18. The van der Waals surface area contributed by atoms with Crippen LogP contribution in [0.15, 0.2) is 48.5 Å². The van der Waals surface area contributed by atoms with E-state index in [-0.39, 0.29) is 17.5 Å². The van der Waals surface area contributed by atoms with Crippen molar-refractivity contribution in [3.05, 3.63) is 59.7 Å². The lowest BCUT2D eigenvalue weighted by atomic mass is 9.92. The average Bonchev–Trinajstić information content (AvgIpc) is 2.83. The molecule has 0 aromatic heterocycles. The van der Waals surface area contributed by atoms with Crippen LogP contribution in [-0.4, -0.2) is 11.6 Å². The van der Waals surface area contributed by atoms with E-state index in [1.165, 1.54) is 44.9 Å². The van der Waals surface area contributed by atoms with Gasteiger partial charge in [-0.15, -0.1) is 0 Å². The summed E-state index contributed by atoms with van der Waals surface area (Å²) < 4.78 is 0. The Morgan fingerprint density at radius 2 is 1.09 bits per heavy atom. The van der Waals surface area contributed by atoms with E-state index in [0.29, 0.717) is 6.42 Å². The highest BCUT2D eigenvalue weighted by atomic mass is 16.1. The van der Waals surface area contributed by atoms with E-state index in [9.17, 15) is 9.59 Å². The van der Waals surface area contributed by atoms with Crippen molar-refractivity contribution in [3.8, 4) is 11.1 Å². The summed E-state index contributed by atoms with van der Waals surface area (Å²) in [4.78, 5) is 25.1. The maximum atomic E-state index is 12.7. The molecule has 0 aliphatic rings. The fourth-order valence-corrected chi connectivity index (χ4v) is 4.18. The van der Waals surface area contributed by atoms with Crippen molar-refractivity contribution in [3.63, 3.8) is 0 Å². The van der Waals surface area contributed by atoms with Gasteiger partial charge in [0.25, 0.3) is 0 Å². The molecule has 0 saturated heterocycles. The van der Waals surface area contributed by atoms with Crippen molar-refractivity contribution in [2.45, 2.75) is 97.8 Å². The Hall–Kier alpha value is -2.22. The Morgan fingerprint density at radius 3 is 1.66 bits per heavy atom. The maximum absolute atomic E-state index is 12.7. The molecule has 0 N–H and O–H groups in total. The summed E-state index contributed by atoms with van der Waals surface area (Å²) in [5, 5.41) is 0. The van der Waals surface area contributed by atoms with Crippen LogP contribution in [0.5, 0.6) is 0 Å². The molecular formula is C30H42O2. The van der Waals surface area contributed by atoms with Gasteiger partial charge in [0.2, 0.25) is 0 Å². The second-order valence-corrected chi connectivity index (χ2v) is 9.21. The highest BCUT2D eigenvalue weighted by Gasteiger charge is 2.15. The van der Waals surface area contributed by atoms with Crippen molar-refractivity contribution < 1.29 is 9.59 Å². The monoisotopic (exact) mass is 434 g/mol. The Kier molecular flexibility index (Phi) is 12.0. The summed E-state index contributed by atoms with van der Waals surface area (Å²) in [6.45, 7) is 6.47. The Morgan fingerprint density at radius 1 is 0.625 bits per heavy atom. The molecule has 0 saturated carbocycles. The van der Waals surface area contributed by atoms with E-state index in [0.717, 1.165) is 47.9 Å². The Balaban J connectivity index is 1.86. The van der Waals surface area contributed by atoms with Gasteiger partial charge in [0, 0.05) is 23.5 Å². The van der Waals surface area contributed by atoms with Crippen LogP contribution in [0.2, 0.25) is 0 Å². The van der Waals surface area contributed by atoms with Gasteiger partial charge in [-0.1, -0.05) is 127 Å². The minimum atomic E-state index is 0.0784. The highest BCUT2D eigenvalue weighted by molar-refractivity contribution is 5.98. The molecule has 0 bridgehead atoms. The molecular weight excluding hydrogens is 392 g/mol. The van der Waals surface area contributed by atoms with Crippen molar-refractivity contribution in [2.24, 2.45) is 5.92 Å². The van der Waals surface area contributed by atoms with Gasteiger partial charge in [0.15, 0.2) is 11.6 Å². The van der Waals surface area contributed by atoms with Gasteiger partial charge in [-0.05, 0) is 24.0 Å². The van der Waals surface area contributed by atoms with E-state index < -0.39 is 0 Å². The zero-order valence-corrected chi connectivity index (χ0v) is 20.5. The van der Waals surface area contributed by atoms with Gasteiger partial charge < -0.3 is 0 Å². The van der Waals surface area contributed by atoms with Crippen LogP contribution >= 0.6 is 0 Å². The van der Waals surface area contributed by atoms with E-state index in [2.05, 4.69) is 13.8 Å². The minimum absolute atomic E-state index is 0.0784. The van der Waals surface area contributed by atoms with Crippen LogP contribution < -0.4 is 0 Å². The number of carbonyl (C=O) groups excluding carboxylic acids is 2. The number of Topliss-reactive ketones (excluding diaryl/α,β-unsaturated/α-hetero) is 2. The predicted molar refractivity (Wildman–Crippen MR) is 136 cm³/mol. The van der Waals surface area contributed by atoms with Gasteiger partial charge in [-0.25, -0.2) is 0 Å². The summed E-state index contributed by atoms with van der Waals surface area (Å²) >= 11 is 0. The molecule has 174 valence electrons. The first-order chi connectivity index (χ1) is 15.6. The number of unbranched alkanes of at least 4 members (excludes halogenated alkanes) is 8. The third kappa shape index (κ3) is 8.73. The van der Waals surface area contributed by atoms with Crippen LogP contribution in [-0.2, 0) is 0 Å². The van der Waals surface area contributed by atoms with Gasteiger partial charge in [0.05, 0.1) is 0 Å². The molecule has 2 rings (SSSR count). The Bertz CT molecular complexity index is 802. The molecule has 2 heteroatoms. The minimum Gasteiger partial charge on any atom is -0.294 e. The van der Waals surface area contributed by atoms with Gasteiger partial charge in [0.1, 0.15) is 0 Å². The maximum Gasteiger partial charge on any atom is 0.165 e. The number of carbonyl (C=O) groups is 2. The second kappa shape index (κ2) is 14.8. The van der Waals surface area contributed by atoms with Crippen molar-refractivity contribution in [1.82, 2.24) is 0 Å². The van der Waals surface area contributed by atoms with E-state index >= 15 is 0 Å². The van der Waals surface area contributed by atoms with Crippen LogP contribution in [0.3, 0.4) is 0 Å². The molecule has 0 amide bonds. The number of rotatable bonds is 16. The first-order valence-corrected chi connectivity index (χ1v) is 12.8. The average molecular weight is 435 g/mol. The Labute approximate surface area is 195 Å². The summed E-state index contributed by atoms with van der Waals surface area (Å²) in [5.74, 6) is 0.555. The van der Waals surface area contributed by atoms with Gasteiger partial charge in [-0.3, -0.25) is 9.59 Å². The SMILES string of the molecule is CCCCCCCCC(=O)c1ccc(-c2ccc(C(=O)C(C)CCCCCC)cc2)cc1. The fraction of sp³-hybridized carbons (Fsp3) is 0.533. The van der Waals surface area contributed by atoms with Crippen molar-refractivity contribution >= 4 is 11.6 Å². The number of hydrogen-bond acceptors (Lipinski definition) is 2. The second-order valence-electron chi connectivity index (χ2n) is 9.21. The molecule has 0 heterocycles. The van der Waals surface area contributed by atoms with Crippen LogP contribution in [0.25, 0.3) is 11.1 Å². The van der Waals surface area contributed by atoms with E-state index in [1.54, 1.807) is 0 Å². The summed E-state index contributed by atoms with van der Waals surface area (Å²) in [7, 11) is 0. The summed E-state index contributed by atoms with van der Waals surface area (Å²) in [6.07, 6.45) is 13.6. The quantitative estimate of drug-likeness (QED) is 0.195. The van der Waals surface area contributed by atoms with Crippen molar-refractivity contribution in [1.29, 1.82) is 0 Å². The molecule has 0 radical (unpaired) electrons. The molecule has 1 unspecified atom stereocenters. The van der Waals surface area contributed by atoms with Gasteiger partial charge >= 0.3 is 0 Å². The molecule has 2 nitrogen and oxygen atoms in total. The lowest BCUT2D eigenvalue weighted by Gasteiger charge is -2.11. The molecule has 2 aromatic rings. The number of hydrogen-bond donors (Lipinski definition) is 0. The van der Waals surface area contributed by atoms with Crippen LogP contribution in [0.1, 0.15) is 119 Å². The largest absolute Gasteiger partial charge is 0.294 e. The first-order valence-electron chi connectivity index (χ1n) is 12.8. The summed E-state index contributed by atoms with van der Waals surface area (Å²) in [6, 6.07) is 15.8. The molecule has 1 atom stereocenters. The standard InChI is InChI=1S/C30H42O2/c1-4-6-8-10-11-13-15-29(31)27-20-16-25(17-21-27)26-18-22-28(23-19-26)30(32)24(3)14-12-9-7-5-2/h16-24H,4-15H2,1-3H3. The lowest BCUT2D eigenvalue weighted by Crippen LogP contribution is -2.11. The molecule has 2 aromatic carbocycles. The molecule has 0 fully saturated rings. The third-order valence-electron chi connectivity index (χ3n) is 6.41. The topological polar surface area (TPSA) is 34.1 Å². The first kappa shape index (κ1) is 26.0. The predicted octanol–water partition coefficient (Wildman–Crippen LogP) is 9.08. The normalized spacial score (nSPS) is 12.0. The molecule has 0 aliphatic carbocycles. The van der Waals surface area contributed by atoms with Crippen LogP contribution in [0.4, 0.5) is 0 Å². The summed E-state index contributed by atoms with van der Waals surface area (Å²) in [5.41, 5.74) is 3.74. The molecule has 0 spiro atoms. The zero-order chi connectivity index (χ0) is 23.2. The lowest BCUT2D eigenvalue weighted by molar-refractivity contribution is 0.0921. The smallest absolute Gasteiger partial charge is 0.165 e. The number of ketones is 2. The van der Waals surface area contributed by atoms with Gasteiger partial charge in [-0.2, -0.15) is 0 Å². The molecule has 32 heavy (non-hydrogen) atoms. The van der Waals surface area contributed by atoms with E-state index in [1.807, 2.05) is 55.5 Å². The van der Waals surface area contributed by atoms with Crippen LogP contribution in [0, 0.1) is 5.92 Å². The number of benzene rings is 2. The highest BCUT2D eigenvalue weighted by Crippen LogP contribution is 2.23. The third-order valence-corrected chi connectivity index (χ3v) is 6.41. The molecule has 0 aliphatic heterocycles. The van der Waals surface area contributed by atoms with Crippen molar-refractivity contribution in [2.75, 3.05) is 0 Å². The van der Waals surface area contributed by atoms with E-state index in [4.69, 9.17) is 0 Å².